The maximum atomic E-state index is 13.4. The summed E-state index contributed by atoms with van der Waals surface area (Å²) in [5, 5.41) is 7.37. The summed E-state index contributed by atoms with van der Waals surface area (Å²) >= 11 is 12.0. The normalized spacial score (nSPS) is 18.5. The molecule has 35 heavy (non-hydrogen) atoms. The fourth-order valence-electron chi connectivity index (χ4n) is 4.67. The van der Waals surface area contributed by atoms with Gasteiger partial charge in [0.1, 0.15) is 0 Å². The van der Waals surface area contributed by atoms with Gasteiger partial charge in [0.15, 0.2) is 5.11 Å². The molecule has 0 atom stereocenters. The van der Waals surface area contributed by atoms with Crippen LogP contribution in [-0.4, -0.2) is 44.0 Å². The molecule has 6 nitrogen and oxygen atoms in total. The lowest BCUT2D eigenvalue weighted by Crippen LogP contribution is -2.38. The molecular formula is C26H35ClN4O2S2. The molecule has 0 radical (unpaired) electrons. The Labute approximate surface area is 220 Å². The van der Waals surface area contributed by atoms with E-state index in [4.69, 9.17) is 23.8 Å². The van der Waals surface area contributed by atoms with Crippen molar-refractivity contribution in [3.63, 3.8) is 0 Å². The summed E-state index contributed by atoms with van der Waals surface area (Å²) in [6.45, 7) is 9.40. The first-order valence-electron chi connectivity index (χ1n) is 12.4. The molecule has 0 bridgehead atoms. The van der Waals surface area contributed by atoms with Crippen LogP contribution in [0.1, 0.15) is 45.1 Å². The predicted molar refractivity (Wildman–Crippen MR) is 150 cm³/mol. The number of sulfonamides is 1. The Bertz CT molecular complexity index is 1170. The molecule has 0 unspecified atom stereocenters. The maximum absolute atomic E-state index is 13.4. The first-order chi connectivity index (χ1) is 16.6. The van der Waals surface area contributed by atoms with Crippen molar-refractivity contribution in [1.82, 2.24) is 4.31 Å². The molecule has 2 aromatic rings. The van der Waals surface area contributed by atoms with Gasteiger partial charge >= 0.3 is 0 Å². The molecule has 0 amide bonds. The molecule has 190 valence electrons. The van der Waals surface area contributed by atoms with Crippen molar-refractivity contribution in [2.24, 2.45) is 11.8 Å². The van der Waals surface area contributed by atoms with Crippen molar-refractivity contribution >= 4 is 56.0 Å². The van der Waals surface area contributed by atoms with Crippen LogP contribution in [0.25, 0.3) is 0 Å². The van der Waals surface area contributed by atoms with E-state index in [9.17, 15) is 8.42 Å². The highest BCUT2D eigenvalue weighted by atomic mass is 35.5. The summed E-state index contributed by atoms with van der Waals surface area (Å²) < 4.78 is 28.5. The lowest BCUT2D eigenvalue weighted by atomic mass is 9.98. The molecule has 0 aromatic heterocycles. The molecular weight excluding hydrogens is 500 g/mol. The predicted octanol–water partition coefficient (Wildman–Crippen LogP) is 6.11. The largest absolute Gasteiger partial charge is 0.370 e. The van der Waals surface area contributed by atoms with Gasteiger partial charge in [0.2, 0.25) is 10.0 Å². The summed E-state index contributed by atoms with van der Waals surface area (Å²) in [6, 6.07) is 11.1. The highest BCUT2D eigenvalue weighted by Gasteiger charge is 2.29. The van der Waals surface area contributed by atoms with Gasteiger partial charge in [0.05, 0.1) is 27.0 Å². The minimum atomic E-state index is -3.58. The lowest BCUT2D eigenvalue weighted by molar-refractivity contribution is 0.288. The SMILES string of the molecule is Cc1ccc(NC(=S)Nc2cc(S(=O)(=O)N3CCC(C)CC3)ccc2N2CCC(C)CC2)c(Cl)c1. The van der Waals surface area contributed by atoms with Crippen molar-refractivity contribution in [3.8, 4) is 0 Å². The van der Waals surface area contributed by atoms with Crippen LogP contribution in [0, 0.1) is 18.8 Å². The van der Waals surface area contributed by atoms with Gasteiger partial charge in [-0.05, 0) is 92.6 Å². The summed E-state index contributed by atoms with van der Waals surface area (Å²) in [5.41, 5.74) is 3.41. The van der Waals surface area contributed by atoms with Crippen molar-refractivity contribution < 1.29 is 8.42 Å². The smallest absolute Gasteiger partial charge is 0.243 e. The van der Waals surface area contributed by atoms with Crippen LogP contribution in [0.3, 0.4) is 0 Å². The Balaban J connectivity index is 1.62. The Morgan fingerprint density at radius 3 is 2.14 bits per heavy atom. The number of nitrogens with one attached hydrogen (secondary N) is 2. The van der Waals surface area contributed by atoms with E-state index in [0.29, 0.717) is 51.3 Å². The van der Waals surface area contributed by atoms with Crippen molar-refractivity contribution in [3.05, 3.63) is 47.0 Å². The first-order valence-corrected chi connectivity index (χ1v) is 14.6. The zero-order chi connectivity index (χ0) is 25.2. The summed E-state index contributed by atoms with van der Waals surface area (Å²) in [5.74, 6) is 1.25. The zero-order valence-corrected chi connectivity index (χ0v) is 23.1. The average molecular weight is 535 g/mol. The van der Waals surface area contributed by atoms with Crippen LogP contribution in [0.5, 0.6) is 0 Å². The quantitative estimate of drug-likeness (QED) is 0.451. The summed E-state index contributed by atoms with van der Waals surface area (Å²) in [7, 11) is -3.58. The number of aryl methyl sites for hydroxylation is 1. The molecule has 2 N–H and O–H groups in total. The minimum Gasteiger partial charge on any atom is -0.370 e. The highest BCUT2D eigenvalue weighted by molar-refractivity contribution is 7.89. The van der Waals surface area contributed by atoms with Crippen LogP contribution < -0.4 is 15.5 Å². The van der Waals surface area contributed by atoms with Gasteiger partial charge in [-0.2, -0.15) is 4.31 Å². The minimum absolute atomic E-state index is 0.292. The third kappa shape index (κ3) is 6.28. The summed E-state index contributed by atoms with van der Waals surface area (Å²) in [6.07, 6.45) is 3.99. The van der Waals surface area contributed by atoms with E-state index in [2.05, 4.69) is 29.4 Å². The molecule has 2 aliphatic rings. The number of piperidine rings is 2. The Hall–Kier alpha value is -1.87. The second-order valence-corrected chi connectivity index (χ2v) is 12.8. The molecule has 0 aliphatic carbocycles. The monoisotopic (exact) mass is 534 g/mol. The lowest BCUT2D eigenvalue weighted by Gasteiger charge is -2.34. The third-order valence-corrected chi connectivity index (χ3v) is 9.51. The van der Waals surface area contributed by atoms with Crippen molar-refractivity contribution in [2.45, 2.75) is 51.3 Å². The molecule has 2 aliphatic heterocycles. The zero-order valence-electron chi connectivity index (χ0n) is 20.7. The molecule has 2 saturated heterocycles. The second-order valence-electron chi connectivity index (χ2n) is 10.00. The van der Waals surface area contributed by atoms with Crippen LogP contribution in [-0.2, 0) is 10.0 Å². The number of hydrogen-bond acceptors (Lipinski definition) is 4. The van der Waals surface area contributed by atoms with E-state index >= 15 is 0 Å². The maximum Gasteiger partial charge on any atom is 0.243 e. The molecule has 2 fully saturated rings. The van der Waals surface area contributed by atoms with E-state index in [1.54, 1.807) is 16.4 Å². The van der Waals surface area contributed by atoms with Gasteiger partial charge < -0.3 is 15.5 Å². The van der Waals surface area contributed by atoms with Gasteiger partial charge in [-0.1, -0.05) is 31.5 Å². The molecule has 0 spiro atoms. The van der Waals surface area contributed by atoms with Crippen molar-refractivity contribution in [2.75, 3.05) is 41.7 Å². The molecule has 9 heteroatoms. The van der Waals surface area contributed by atoms with Gasteiger partial charge in [-0.25, -0.2) is 8.42 Å². The fraction of sp³-hybridized carbons (Fsp3) is 0.500. The van der Waals surface area contributed by atoms with E-state index in [1.807, 2.05) is 31.2 Å². The summed E-state index contributed by atoms with van der Waals surface area (Å²) in [4.78, 5) is 2.60. The van der Waals surface area contributed by atoms with Crippen LogP contribution in [0.2, 0.25) is 5.02 Å². The van der Waals surface area contributed by atoms with Crippen LogP contribution >= 0.6 is 23.8 Å². The third-order valence-electron chi connectivity index (χ3n) is 7.09. The number of hydrogen-bond donors (Lipinski definition) is 2. The molecule has 2 aromatic carbocycles. The number of halogens is 1. The number of thiocarbonyl (C=S) groups is 1. The van der Waals surface area contributed by atoms with Crippen LogP contribution in [0.15, 0.2) is 41.3 Å². The van der Waals surface area contributed by atoms with Gasteiger partial charge in [-0.15, -0.1) is 0 Å². The van der Waals surface area contributed by atoms with Gasteiger partial charge in [-0.3, -0.25) is 0 Å². The number of anilines is 3. The number of rotatable bonds is 5. The van der Waals surface area contributed by atoms with E-state index in [-0.39, 0.29) is 0 Å². The Morgan fingerprint density at radius 1 is 0.914 bits per heavy atom. The van der Waals surface area contributed by atoms with E-state index in [0.717, 1.165) is 50.0 Å². The number of nitrogens with zero attached hydrogens (tertiary/aromatic N) is 2. The first kappa shape index (κ1) is 26.2. The standard InChI is InChI=1S/C26H35ClN4O2S2/c1-18-8-12-30(13-9-18)25-7-5-21(35(32,33)31-14-10-19(2)11-15-31)17-24(25)29-26(34)28-23-6-4-20(3)16-22(23)27/h4-7,16-19H,8-15H2,1-3H3,(H2,28,29,34). The van der Waals surface area contributed by atoms with E-state index in [1.165, 1.54) is 0 Å². The Kier molecular flexibility index (Phi) is 8.26. The van der Waals surface area contributed by atoms with Crippen LogP contribution in [0.4, 0.5) is 17.1 Å². The Morgan fingerprint density at radius 2 is 1.51 bits per heavy atom. The van der Waals surface area contributed by atoms with Gasteiger partial charge in [0, 0.05) is 26.2 Å². The van der Waals surface area contributed by atoms with Crippen molar-refractivity contribution in [1.29, 1.82) is 0 Å². The van der Waals surface area contributed by atoms with E-state index < -0.39 is 10.0 Å². The molecule has 0 saturated carbocycles. The highest BCUT2D eigenvalue weighted by Crippen LogP contribution is 2.34. The van der Waals surface area contributed by atoms with Gasteiger partial charge in [0.25, 0.3) is 0 Å². The average Bonchev–Trinajstić information content (AvgIpc) is 2.82. The topological polar surface area (TPSA) is 64.7 Å². The molecule has 2 heterocycles. The molecule has 4 rings (SSSR count). The number of benzene rings is 2. The fourth-order valence-corrected chi connectivity index (χ4v) is 6.67. The second kappa shape index (κ2) is 11.0.